The maximum Gasteiger partial charge on any atom is 0.416 e. The lowest BCUT2D eigenvalue weighted by Crippen LogP contribution is -2.58. The lowest BCUT2D eigenvalue weighted by Gasteiger charge is -2.42. The van der Waals surface area contributed by atoms with Crippen molar-refractivity contribution < 1.29 is 31.5 Å². The second-order valence-electron chi connectivity index (χ2n) is 7.41. The Labute approximate surface area is 176 Å². The maximum absolute atomic E-state index is 13.1. The van der Waals surface area contributed by atoms with E-state index in [1.165, 1.54) is 48.2 Å². The first-order valence-electron chi connectivity index (χ1n) is 9.00. The average molecular weight is 460 g/mol. The van der Waals surface area contributed by atoms with E-state index in [-0.39, 0.29) is 11.4 Å². The minimum absolute atomic E-state index is 0.0583. The van der Waals surface area contributed by atoms with Gasteiger partial charge in [-0.2, -0.15) is 29.2 Å². The highest BCUT2D eigenvalue weighted by Crippen LogP contribution is 2.38. The fourth-order valence-electron chi connectivity index (χ4n) is 3.46. The molecule has 0 amide bonds. The number of aliphatic carboxylic acids is 1. The highest BCUT2D eigenvalue weighted by molar-refractivity contribution is 8.00. The van der Waals surface area contributed by atoms with Gasteiger partial charge in [-0.25, -0.2) is 8.42 Å². The Morgan fingerprint density at radius 3 is 2.33 bits per heavy atom. The molecular weight excluding hydrogens is 439 g/mol. The molecule has 162 valence electrons. The predicted molar refractivity (Wildman–Crippen MR) is 109 cm³/mol. The monoisotopic (exact) mass is 459 g/mol. The molecule has 1 fully saturated rings. The summed E-state index contributed by atoms with van der Waals surface area (Å²) in [4.78, 5) is 11.7. The van der Waals surface area contributed by atoms with Gasteiger partial charge in [-0.05, 0) is 49.2 Å². The molecule has 2 aromatic rings. The number of thioether (sulfide) groups is 1. The van der Waals surface area contributed by atoms with Crippen LogP contribution in [0.3, 0.4) is 0 Å². The average Bonchev–Trinajstić information content (AvgIpc) is 2.66. The molecule has 1 unspecified atom stereocenters. The van der Waals surface area contributed by atoms with Crippen LogP contribution in [0, 0.1) is 0 Å². The van der Waals surface area contributed by atoms with E-state index in [1.54, 1.807) is 13.8 Å². The number of nitrogens with zero attached hydrogens (tertiary/aromatic N) is 1. The van der Waals surface area contributed by atoms with Crippen LogP contribution in [0.15, 0.2) is 53.4 Å². The largest absolute Gasteiger partial charge is 0.480 e. The third-order valence-electron chi connectivity index (χ3n) is 4.95. The fraction of sp³-hybridized carbons (Fsp3) is 0.350. The van der Waals surface area contributed by atoms with Crippen molar-refractivity contribution in [2.45, 2.75) is 35.7 Å². The maximum atomic E-state index is 13.1. The predicted octanol–water partition coefficient (Wildman–Crippen LogP) is 4.34. The molecule has 1 aliphatic heterocycles. The van der Waals surface area contributed by atoms with Gasteiger partial charge in [0.25, 0.3) is 0 Å². The molecule has 0 spiro atoms. The van der Waals surface area contributed by atoms with Crippen LogP contribution in [0.25, 0.3) is 11.1 Å². The molecule has 30 heavy (non-hydrogen) atoms. The molecule has 0 bridgehead atoms. The van der Waals surface area contributed by atoms with E-state index in [2.05, 4.69) is 0 Å². The lowest BCUT2D eigenvalue weighted by atomic mass is 10.0. The van der Waals surface area contributed by atoms with Gasteiger partial charge in [0.1, 0.15) is 6.04 Å². The molecule has 5 nitrogen and oxygen atoms in total. The first-order chi connectivity index (χ1) is 13.8. The number of hydrogen-bond acceptors (Lipinski definition) is 4. The number of carbonyl (C=O) groups is 1. The summed E-state index contributed by atoms with van der Waals surface area (Å²) in [6.45, 7) is 3.44. The molecule has 1 heterocycles. The smallest absolute Gasteiger partial charge is 0.416 e. The summed E-state index contributed by atoms with van der Waals surface area (Å²) in [5, 5.41) is 9.63. The summed E-state index contributed by atoms with van der Waals surface area (Å²) >= 11 is 1.40. The molecule has 1 saturated heterocycles. The number of carboxylic acids is 1. The molecule has 0 saturated carbocycles. The molecule has 1 aliphatic rings. The van der Waals surface area contributed by atoms with Crippen molar-refractivity contribution in [3.8, 4) is 11.1 Å². The number of benzene rings is 2. The Morgan fingerprint density at radius 1 is 1.13 bits per heavy atom. The lowest BCUT2D eigenvalue weighted by molar-refractivity contribution is -0.142. The molecule has 1 atom stereocenters. The molecule has 10 heteroatoms. The van der Waals surface area contributed by atoms with Gasteiger partial charge in [-0.1, -0.05) is 24.3 Å². The molecule has 0 radical (unpaired) electrons. The highest BCUT2D eigenvalue weighted by Gasteiger charge is 2.48. The van der Waals surface area contributed by atoms with E-state index >= 15 is 0 Å². The first kappa shape index (κ1) is 22.6. The van der Waals surface area contributed by atoms with Crippen LogP contribution in [0.1, 0.15) is 19.4 Å². The SMILES string of the molecule is CC1(C)SCCN(S(=O)(=O)c2ccc(-c3cccc(C(F)(F)F)c3)cc2)C1C(=O)O. The van der Waals surface area contributed by atoms with Crippen molar-refractivity contribution in [2.75, 3.05) is 12.3 Å². The molecular formula is C20H20F3NO4S2. The Hall–Kier alpha value is -2.04. The summed E-state index contributed by atoms with van der Waals surface area (Å²) in [6.07, 6.45) is -4.48. The van der Waals surface area contributed by atoms with Crippen LogP contribution in [-0.4, -0.2) is 46.9 Å². The van der Waals surface area contributed by atoms with Gasteiger partial charge in [0.05, 0.1) is 10.5 Å². The molecule has 3 rings (SSSR count). The Bertz CT molecular complexity index is 1050. The number of alkyl halides is 3. The van der Waals surface area contributed by atoms with E-state index in [4.69, 9.17) is 0 Å². The van der Waals surface area contributed by atoms with Crippen molar-refractivity contribution in [1.29, 1.82) is 0 Å². The number of sulfonamides is 1. The molecule has 2 aromatic carbocycles. The summed E-state index contributed by atoms with van der Waals surface area (Å²) in [5.74, 6) is -0.769. The minimum Gasteiger partial charge on any atom is -0.480 e. The van der Waals surface area contributed by atoms with Gasteiger partial charge in [0.2, 0.25) is 10.0 Å². The zero-order chi connectivity index (χ0) is 22.3. The van der Waals surface area contributed by atoms with E-state index in [0.29, 0.717) is 16.9 Å². The van der Waals surface area contributed by atoms with Crippen LogP contribution in [0.4, 0.5) is 13.2 Å². The molecule has 1 N–H and O–H groups in total. The summed E-state index contributed by atoms with van der Waals surface area (Å²) in [7, 11) is -4.10. The first-order valence-corrected chi connectivity index (χ1v) is 11.4. The Balaban J connectivity index is 1.95. The second-order valence-corrected chi connectivity index (χ2v) is 11.1. The standard InChI is InChI=1S/C20H20F3NO4S2/c1-19(2)17(18(25)26)24(10-11-29-19)30(27,28)16-8-6-13(7-9-16)14-4-3-5-15(12-14)20(21,22)23/h3-9,12,17H,10-11H2,1-2H3,(H,25,26). The summed E-state index contributed by atoms with van der Waals surface area (Å²) < 4.78 is 65.3. The Kier molecular flexibility index (Phi) is 5.96. The van der Waals surface area contributed by atoms with Gasteiger partial charge in [0.15, 0.2) is 0 Å². The van der Waals surface area contributed by atoms with Crippen LogP contribution < -0.4 is 0 Å². The van der Waals surface area contributed by atoms with Gasteiger partial charge in [-0.15, -0.1) is 0 Å². The van der Waals surface area contributed by atoms with E-state index in [9.17, 15) is 31.5 Å². The van der Waals surface area contributed by atoms with E-state index in [0.717, 1.165) is 16.4 Å². The third-order valence-corrected chi connectivity index (χ3v) is 8.18. The van der Waals surface area contributed by atoms with Gasteiger partial charge < -0.3 is 5.11 Å². The van der Waals surface area contributed by atoms with Gasteiger partial charge in [0, 0.05) is 17.0 Å². The van der Waals surface area contributed by atoms with Gasteiger partial charge >= 0.3 is 12.1 Å². The number of rotatable bonds is 4. The quantitative estimate of drug-likeness (QED) is 0.736. The summed E-state index contributed by atoms with van der Waals surface area (Å²) in [5.41, 5.74) is -0.0777. The van der Waals surface area contributed by atoms with Crippen molar-refractivity contribution in [3.63, 3.8) is 0 Å². The minimum atomic E-state index is -4.48. The molecule has 0 aromatic heterocycles. The third kappa shape index (κ3) is 4.35. The normalized spacial score (nSPS) is 20.1. The van der Waals surface area contributed by atoms with Crippen LogP contribution in [0.2, 0.25) is 0 Å². The van der Waals surface area contributed by atoms with Crippen molar-refractivity contribution in [2.24, 2.45) is 0 Å². The summed E-state index contributed by atoms with van der Waals surface area (Å²) in [6, 6.07) is 8.93. The van der Waals surface area contributed by atoms with Gasteiger partial charge in [-0.3, -0.25) is 4.79 Å². The zero-order valence-electron chi connectivity index (χ0n) is 16.2. The topological polar surface area (TPSA) is 74.7 Å². The van der Waals surface area contributed by atoms with E-state index in [1.807, 2.05) is 0 Å². The van der Waals surface area contributed by atoms with Crippen molar-refractivity contribution in [1.82, 2.24) is 4.31 Å². The fourth-order valence-corrected chi connectivity index (χ4v) is 6.56. The zero-order valence-corrected chi connectivity index (χ0v) is 17.8. The van der Waals surface area contributed by atoms with Crippen LogP contribution in [-0.2, 0) is 21.0 Å². The number of hydrogen-bond donors (Lipinski definition) is 1. The van der Waals surface area contributed by atoms with Crippen molar-refractivity contribution in [3.05, 3.63) is 54.1 Å². The Morgan fingerprint density at radius 2 is 1.77 bits per heavy atom. The number of halogens is 3. The second kappa shape index (κ2) is 7.90. The molecule has 0 aliphatic carbocycles. The van der Waals surface area contributed by atoms with Crippen LogP contribution in [0.5, 0.6) is 0 Å². The highest BCUT2D eigenvalue weighted by atomic mass is 32.2. The van der Waals surface area contributed by atoms with Crippen LogP contribution >= 0.6 is 11.8 Å². The number of carboxylic acid groups (broad SMARTS) is 1. The van der Waals surface area contributed by atoms with Crippen molar-refractivity contribution >= 4 is 27.8 Å². The van der Waals surface area contributed by atoms with E-state index < -0.39 is 38.5 Å².